The summed E-state index contributed by atoms with van der Waals surface area (Å²) in [5.41, 5.74) is 0. The Morgan fingerprint density at radius 1 is 1.40 bits per heavy atom. The van der Waals surface area contributed by atoms with E-state index in [0.29, 0.717) is 5.75 Å². The molecule has 0 bridgehead atoms. The molecule has 1 saturated heterocycles. The van der Waals surface area contributed by atoms with Crippen LogP contribution in [0.1, 0.15) is 16.7 Å². The molecule has 0 amide bonds. The minimum Gasteiger partial charge on any atom is -0.315 e. The highest BCUT2D eigenvalue weighted by molar-refractivity contribution is 8.01. The molecule has 1 aromatic heterocycles. The van der Waals surface area contributed by atoms with Gasteiger partial charge in [0.2, 0.25) is 0 Å². The zero-order valence-electron chi connectivity index (χ0n) is 12.0. The standard InChI is InChI=1S/C13H22N2O2S3/c1-3-20(16,17)13-10-18-7-6-15(13)9-12-5-4-11(19-12)8-14-2/h4-5,13-14H,3,6-10H2,1-2H3. The minimum atomic E-state index is -3.00. The van der Waals surface area contributed by atoms with Gasteiger partial charge >= 0.3 is 0 Å². The van der Waals surface area contributed by atoms with E-state index in [1.807, 2.05) is 7.05 Å². The molecule has 4 nitrogen and oxygen atoms in total. The average Bonchev–Trinajstić information content (AvgIpc) is 2.87. The first-order valence-electron chi connectivity index (χ1n) is 6.82. The van der Waals surface area contributed by atoms with E-state index in [1.54, 1.807) is 30.0 Å². The highest BCUT2D eigenvalue weighted by Gasteiger charge is 2.32. The summed E-state index contributed by atoms with van der Waals surface area (Å²) in [6.45, 7) is 4.22. The topological polar surface area (TPSA) is 49.4 Å². The first-order valence-corrected chi connectivity index (χ1v) is 10.5. The molecule has 0 saturated carbocycles. The van der Waals surface area contributed by atoms with Crippen LogP contribution in [-0.2, 0) is 22.9 Å². The lowest BCUT2D eigenvalue weighted by Gasteiger charge is -2.34. The van der Waals surface area contributed by atoms with Gasteiger partial charge in [-0.1, -0.05) is 6.92 Å². The molecule has 2 heterocycles. The van der Waals surface area contributed by atoms with Crippen molar-refractivity contribution in [2.45, 2.75) is 25.4 Å². The molecule has 1 aromatic rings. The predicted octanol–water partition coefficient (Wildman–Crippen LogP) is 1.78. The van der Waals surface area contributed by atoms with Crippen molar-refractivity contribution in [3.05, 3.63) is 21.9 Å². The Bertz CT molecular complexity index is 527. The van der Waals surface area contributed by atoms with Crippen LogP contribution in [0.3, 0.4) is 0 Å². The summed E-state index contributed by atoms with van der Waals surface area (Å²) in [7, 11) is -1.06. The van der Waals surface area contributed by atoms with Crippen molar-refractivity contribution in [1.29, 1.82) is 0 Å². The van der Waals surface area contributed by atoms with Gasteiger partial charge in [0.15, 0.2) is 9.84 Å². The van der Waals surface area contributed by atoms with E-state index in [0.717, 1.165) is 25.4 Å². The summed E-state index contributed by atoms with van der Waals surface area (Å²) >= 11 is 3.51. The summed E-state index contributed by atoms with van der Waals surface area (Å²) in [4.78, 5) is 4.67. The monoisotopic (exact) mass is 334 g/mol. The molecule has 7 heteroatoms. The molecule has 0 aromatic carbocycles. The molecule has 0 radical (unpaired) electrons. The number of nitrogens with zero attached hydrogens (tertiary/aromatic N) is 1. The fraction of sp³-hybridized carbons (Fsp3) is 0.692. The van der Waals surface area contributed by atoms with Gasteiger partial charge in [0.05, 0.1) is 0 Å². The molecule has 1 unspecified atom stereocenters. The van der Waals surface area contributed by atoms with Crippen molar-refractivity contribution in [1.82, 2.24) is 10.2 Å². The van der Waals surface area contributed by atoms with Crippen molar-refractivity contribution in [2.24, 2.45) is 0 Å². The number of thiophene rings is 1. The number of hydrogen-bond acceptors (Lipinski definition) is 6. The van der Waals surface area contributed by atoms with Crippen molar-refractivity contribution < 1.29 is 8.42 Å². The Morgan fingerprint density at radius 2 is 2.15 bits per heavy atom. The third kappa shape index (κ3) is 3.98. The van der Waals surface area contributed by atoms with Gasteiger partial charge in [0, 0.05) is 46.6 Å². The maximum atomic E-state index is 12.2. The van der Waals surface area contributed by atoms with Crippen LogP contribution in [0.5, 0.6) is 0 Å². The van der Waals surface area contributed by atoms with E-state index in [4.69, 9.17) is 0 Å². The summed E-state index contributed by atoms with van der Waals surface area (Å²) in [6.07, 6.45) is 0. The molecule has 0 aliphatic carbocycles. The van der Waals surface area contributed by atoms with Gasteiger partial charge < -0.3 is 5.32 Å². The highest BCUT2D eigenvalue weighted by atomic mass is 32.2. The second-order valence-electron chi connectivity index (χ2n) is 4.85. The van der Waals surface area contributed by atoms with Crippen LogP contribution < -0.4 is 5.32 Å². The van der Waals surface area contributed by atoms with Crippen LogP contribution in [0.4, 0.5) is 0 Å². The Morgan fingerprint density at radius 3 is 2.85 bits per heavy atom. The molecule has 1 atom stereocenters. The van der Waals surface area contributed by atoms with Gasteiger partial charge in [0.25, 0.3) is 0 Å². The first kappa shape index (κ1) is 16.3. The number of hydrogen-bond donors (Lipinski definition) is 1. The average molecular weight is 335 g/mol. The van der Waals surface area contributed by atoms with E-state index in [-0.39, 0.29) is 11.1 Å². The van der Waals surface area contributed by atoms with Gasteiger partial charge in [-0.15, -0.1) is 11.3 Å². The lowest BCUT2D eigenvalue weighted by Crippen LogP contribution is -2.47. The van der Waals surface area contributed by atoms with Crippen LogP contribution in [-0.4, -0.2) is 49.5 Å². The van der Waals surface area contributed by atoms with Gasteiger partial charge in [-0.05, 0) is 19.2 Å². The largest absolute Gasteiger partial charge is 0.315 e. The maximum Gasteiger partial charge on any atom is 0.166 e. The molecule has 114 valence electrons. The van der Waals surface area contributed by atoms with Crippen LogP contribution in [0.25, 0.3) is 0 Å². The Kier molecular flexibility index (Phi) is 5.92. The van der Waals surface area contributed by atoms with Gasteiger partial charge in [0.1, 0.15) is 5.37 Å². The SMILES string of the molecule is CCS(=O)(=O)C1CSCCN1Cc1ccc(CNC)s1. The number of thioether (sulfide) groups is 1. The van der Waals surface area contributed by atoms with Crippen molar-refractivity contribution in [3.63, 3.8) is 0 Å². The molecular formula is C13H22N2O2S3. The molecule has 1 aliphatic rings. The van der Waals surface area contributed by atoms with E-state index >= 15 is 0 Å². The lowest BCUT2D eigenvalue weighted by atomic mass is 10.4. The fourth-order valence-corrected chi connectivity index (χ4v) is 6.43. The first-order chi connectivity index (χ1) is 9.56. The van der Waals surface area contributed by atoms with Crippen LogP contribution in [0.15, 0.2) is 12.1 Å². The van der Waals surface area contributed by atoms with Crippen molar-refractivity contribution >= 4 is 32.9 Å². The molecule has 2 rings (SSSR count). The summed E-state index contributed by atoms with van der Waals surface area (Å²) in [6, 6.07) is 4.24. The third-order valence-corrected chi connectivity index (χ3v) is 7.84. The van der Waals surface area contributed by atoms with Crippen LogP contribution >= 0.6 is 23.1 Å². The van der Waals surface area contributed by atoms with Gasteiger partial charge in [-0.2, -0.15) is 11.8 Å². The predicted molar refractivity (Wildman–Crippen MR) is 88.1 cm³/mol. The maximum absolute atomic E-state index is 12.2. The quantitative estimate of drug-likeness (QED) is 0.859. The summed E-state index contributed by atoms with van der Waals surface area (Å²) < 4.78 is 24.4. The molecule has 0 spiro atoms. The van der Waals surface area contributed by atoms with E-state index in [1.165, 1.54) is 9.75 Å². The molecule has 20 heavy (non-hydrogen) atoms. The van der Waals surface area contributed by atoms with Crippen LogP contribution in [0.2, 0.25) is 0 Å². The summed E-state index contributed by atoms with van der Waals surface area (Å²) in [5.74, 6) is 1.94. The lowest BCUT2D eigenvalue weighted by molar-refractivity contribution is 0.264. The number of rotatable bonds is 6. The fourth-order valence-electron chi connectivity index (χ4n) is 2.30. The molecule has 1 aliphatic heterocycles. The Labute approximate surface area is 129 Å². The smallest absolute Gasteiger partial charge is 0.166 e. The van der Waals surface area contributed by atoms with E-state index in [2.05, 4.69) is 22.3 Å². The third-order valence-electron chi connectivity index (χ3n) is 3.43. The zero-order chi connectivity index (χ0) is 14.6. The van der Waals surface area contributed by atoms with Gasteiger partial charge in [-0.3, -0.25) is 4.90 Å². The molecular weight excluding hydrogens is 312 g/mol. The van der Waals surface area contributed by atoms with Crippen LogP contribution in [0, 0.1) is 0 Å². The zero-order valence-corrected chi connectivity index (χ0v) is 14.4. The minimum absolute atomic E-state index is 0.226. The highest BCUT2D eigenvalue weighted by Crippen LogP contribution is 2.25. The Hall–Kier alpha value is -0.0800. The van der Waals surface area contributed by atoms with E-state index < -0.39 is 9.84 Å². The van der Waals surface area contributed by atoms with Crippen molar-refractivity contribution in [3.8, 4) is 0 Å². The normalized spacial score (nSPS) is 21.2. The summed E-state index contributed by atoms with van der Waals surface area (Å²) in [5, 5.41) is 2.82. The number of nitrogens with one attached hydrogen (secondary N) is 1. The van der Waals surface area contributed by atoms with Crippen molar-refractivity contribution in [2.75, 3.05) is 30.9 Å². The molecule has 1 fully saturated rings. The van der Waals surface area contributed by atoms with E-state index in [9.17, 15) is 8.42 Å². The van der Waals surface area contributed by atoms with Gasteiger partial charge in [-0.25, -0.2) is 8.42 Å². The second-order valence-corrected chi connectivity index (χ2v) is 9.70. The molecule has 1 N–H and O–H groups in total. The number of sulfone groups is 1. The second kappa shape index (κ2) is 7.26. The Balaban J connectivity index is 2.08.